The van der Waals surface area contributed by atoms with Gasteiger partial charge in [0.25, 0.3) is 11.8 Å². The molecule has 45 heavy (non-hydrogen) atoms. The van der Waals surface area contributed by atoms with Gasteiger partial charge in [0.2, 0.25) is 5.91 Å². The number of alkyl halides is 3. The molecule has 1 aromatic heterocycles. The zero-order chi connectivity index (χ0) is 31.9. The number of anilines is 1. The monoisotopic (exact) mass is 617 g/mol. The molecule has 0 unspecified atom stereocenters. The van der Waals surface area contributed by atoms with E-state index >= 15 is 0 Å². The van der Waals surface area contributed by atoms with Gasteiger partial charge in [0, 0.05) is 35.7 Å². The third-order valence-electron chi connectivity index (χ3n) is 7.87. The molecule has 0 spiro atoms. The van der Waals surface area contributed by atoms with Crippen molar-refractivity contribution >= 4 is 29.6 Å². The van der Waals surface area contributed by atoms with Crippen molar-refractivity contribution in [3.05, 3.63) is 118 Å². The molecule has 0 bridgehead atoms. The van der Waals surface area contributed by atoms with Crippen LogP contribution in [0, 0.1) is 5.82 Å². The Morgan fingerprint density at radius 2 is 1.76 bits per heavy atom. The van der Waals surface area contributed by atoms with Gasteiger partial charge < -0.3 is 10.6 Å². The molecule has 2 aliphatic rings. The van der Waals surface area contributed by atoms with Gasteiger partial charge in [-0.3, -0.25) is 19.3 Å². The number of benzene rings is 3. The topological polar surface area (TPSA) is 96.3 Å². The van der Waals surface area contributed by atoms with E-state index in [1.54, 1.807) is 17.7 Å². The average molecular weight is 618 g/mol. The van der Waals surface area contributed by atoms with E-state index in [4.69, 9.17) is 5.10 Å². The van der Waals surface area contributed by atoms with Crippen molar-refractivity contribution in [2.45, 2.75) is 37.9 Å². The first-order chi connectivity index (χ1) is 21.5. The van der Waals surface area contributed by atoms with E-state index in [9.17, 15) is 31.9 Å². The molecule has 0 aliphatic carbocycles. The molecule has 2 atom stereocenters. The number of para-hydroxylation sites is 1. The number of carbonyl (C=O) groups is 3. The molecule has 1 fully saturated rings. The highest BCUT2D eigenvalue weighted by atomic mass is 19.4. The highest BCUT2D eigenvalue weighted by Crippen LogP contribution is 2.44. The Morgan fingerprint density at radius 1 is 1.02 bits per heavy atom. The minimum atomic E-state index is -4.68. The van der Waals surface area contributed by atoms with Gasteiger partial charge in [0.1, 0.15) is 17.7 Å². The minimum absolute atomic E-state index is 0.149. The standard InChI is InChI=1S/C33H27F4N5O3/c1-2-41-31-28(25(18-23-15-16-26(43)38-23)40-42(31)24-9-4-3-5-10-24)27(19-11-13-22(34)14-12-19)29(32(41)45)39-30(44)20-7-6-8-21(17-20)33(35,36)37/h3-14,17-18,27,29H,2,15-16H2,1H3,(H,38,43)(H,39,44)/b23-18+/t27-,29-/m0/s1. The van der Waals surface area contributed by atoms with Gasteiger partial charge >= 0.3 is 6.18 Å². The molecule has 8 nitrogen and oxygen atoms in total. The quantitative estimate of drug-likeness (QED) is 0.276. The number of nitrogens with zero attached hydrogens (tertiary/aromatic N) is 3. The molecule has 0 radical (unpaired) electrons. The molecule has 12 heteroatoms. The fraction of sp³-hybridized carbons (Fsp3) is 0.212. The number of allylic oxidation sites excluding steroid dienone is 1. The fourth-order valence-electron chi connectivity index (χ4n) is 5.80. The zero-order valence-electron chi connectivity index (χ0n) is 23.9. The Labute approximate surface area is 255 Å². The van der Waals surface area contributed by atoms with E-state index in [1.807, 2.05) is 30.3 Å². The predicted molar refractivity (Wildman–Crippen MR) is 158 cm³/mol. The van der Waals surface area contributed by atoms with E-state index in [0.717, 1.165) is 18.2 Å². The number of likely N-dealkylation sites (N-methyl/N-ethyl adjacent to an activating group) is 1. The summed E-state index contributed by atoms with van der Waals surface area (Å²) >= 11 is 0. The maximum Gasteiger partial charge on any atom is 0.416 e. The molecular formula is C33H27F4N5O3. The van der Waals surface area contributed by atoms with Crippen molar-refractivity contribution in [1.29, 1.82) is 0 Å². The van der Waals surface area contributed by atoms with E-state index in [1.165, 1.54) is 35.2 Å². The van der Waals surface area contributed by atoms with Crippen molar-refractivity contribution < 1.29 is 31.9 Å². The summed E-state index contributed by atoms with van der Waals surface area (Å²) in [5.41, 5.74) is 1.38. The third-order valence-corrected chi connectivity index (χ3v) is 7.87. The lowest BCUT2D eigenvalue weighted by Gasteiger charge is -2.38. The van der Waals surface area contributed by atoms with Crippen molar-refractivity contribution in [2.24, 2.45) is 0 Å². The van der Waals surface area contributed by atoms with Crippen LogP contribution in [0.15, 0.2) is 84.6 Å². The molecule has 4 aromatic rings. The van der Waals surface area contributed by atoms with Crippen LogP contribution < -0.4 is 15.5 Å². The maximum atomic E-state index is 14.3. The summed E-state index contributed by atoms with van der Waals surface area (Å²) in [6, 6.07) is 17.2. The van der Waals surface area contributed by atoms with Crippen molar-refractivity contribution in [3.8, 4) is 5.69 Å². The van der Waals surface area contributed by atoms with Crippen molar-refractivity contribution in [3.63, 3.8) is 0 Å². The lowest BCUT2D eigenvalue weighted by molar-refractivity contribution is -0.137. The molecule has 230 valence electrons. The maximum absolute atomic E-state index is 14.3. The second kappa shape index (κ2) is 11.7. The number of aromatic nitrogens is 2. The number of rotatable bonds is 6. The van der Waals surface area contributed by atoms with Crippen LogP contribution in [0.5, 0.6) is 0 Å². The minimum Gasteiger partial charge on any atom is -0.339 e. The first-order valence-electron chi connectivity index (χ1n) is 14.3. The largest absolute Gasteiger partial charge is 0.416 e. The van der Waals surface area contributed by atoms with Crippen molar-refractivity contribution in [1.82, 2.24) is 20.4 Å². The van der Waals surface area contributed by atoms with Gasteiger partial charge in [0.15, 0.2) is 0 Å². The summed E-state index contributed by atoms with van der Waals surface area (Å²) in [5.74, 6) is -2.58. The average Bonchev–Trinajstić information content (AvgIpc) is 3.61. The van der Waals surface area contributed by atoms with Crippen molar-refractivity contribution in [2.75, 3.05) is 11.4 Å². The van der Waals surface area contributed by atoms with Gasteiger partial charge in [-0.15, -0.1) is 0 Å². The van der Waals surface area contributed by atoms with E-state index < -0.39 is 41.3 Å². The van der Waals surface area contributed by atoms with Crippen LogP contribution in [0.1, 0.15) is 58.4 Å². The molecule has 3 amide bonds. The normalized spacial score (nSPS) is 19.0. The smallest absolute Gasteiger partial charge is 0.339 e. The summed E-state index contributed by atoms with van der Waals surface area (Å²) < 4.78 is 56.1. The number of fused-ring (bicyclic) bond motifs is 1. The van der Waals surface area contributed by atoms with Crippen LogP contribution in [0.2, 0.25) is 0 Å². The van der Waals surface area contributed by atoms with Gasteiger partial charge in [0.05, 0.1) is 16.9 Å². The van der Waals surface area contributed by atoms with Crippen LogP contribution in [-0.4, -0.2) is 40.1 Å². The highest BCUT2D eigenvalue weighted by Gasteiger charge is 2.46. The summed E-state index contributed by atoms with van der Waals surface area (Å²) in [6.45, 7) is 1.92. The summed E-state index contributed by atoms with van der Waals surface area (Å²) in [5, 5.41) is 10.4. The number of nitrogens with one attached hydrogen (secondary N) is 2. The number of hydrogen-bond acceptors (Lipinski definition) is 4. The van der Waals surface area contributed by atoms with Gasteiger partial charge in [-0.2, -0.15) is 18.3 Å². The first-order valence-corrected chi connectivity index (χ1v) is 14.3. The lowest BCUT2D eigenvalue weighted by atomic mass is 9.80. The van der Waals surface area contributed by atoms with Gasteiger partial charge in [-0.05, 0) is 67.4 Å². The Hall–Kier alpha value is -5.26. The van der Waals surface area contributed by atoms with Crippen LogP contribution in [0.3, 0.4) is 0 Å². The lowest BCUT2D eigenvalue weighted by Crippen LogP contribution is -2.55. The Bertz CT molecular complexity index is 1820. The van der Waals surface area contributed by atoms with E-state index in [-0.39, 0.29) is 18.0 Å². The third kappa shape index (κ3) is 5.70. The summed E-state index contributed by atoms with van der Waals surface area (Å²) in [7, 11) is 0. The Balaban J connectivity index is 1.55. The number of hydrogen-bond donors (Lipinski definition) is 2. The number of halogens is 4. The van der Waals surface area contributed by atoms with Crippen LogP contribution in [0.25, 0.3) is 11.8 Å². The van der Waals surface area contributed by atoms with E-state index in [0.29, 0.717) is 46.9 Å². The molecule has 3 aromatic carbocycles. The van der Waals surface area contributed by atoms with Crippen LogP contribution >= 0.6 is 0 Å². The van der Waals surface area contributed by atoms with Crippen LogP contribution in [-0.2, 0) is 15.8 Å². The molecule has 6 rings (SSSR count). The second-order valence-corrected chi connectivity index (χ2v) is 10.7. The molecule has 1 saturated heterocycles. The zero-order valence-corrected chi connectivity index (χ0v) is 23.9. The van der Waals surface area contributed by atoms with Crippen LogP contribution in [0.4, 0.5) is 23.4 Å². The Morgan fingerprint density at radius 3 is 2.40 bits per heavy atom. The number of carbonyl (C=O) groups excluding carboxylic acids is 3. The van der Waals surface area contributed by atoms with E-state index in [2.05, 4.69) is 10.6 Å². The molecule has 0 saturated carbocycles. The first kappa shape index (κ1) is 29.8. The number of amides is 3. The second-order valence-electron chi connectivity index (χ2n) is 10.7. The molecule has 3 heterocycles. The molecule has 2 N–H and O–H groups in total. The summed E-state index contributed by atoms with van der Waals surface area (Å²) in [4.78, 5) is 41.3. The SMILES string of the molecule is CCN1C(=O)[C@@H](NC(=O)c2cccc(C(F)(F)F)c2)[C@@H](c2ccc(F)cc2)c2c(/C=C3\CCC(=O)N3)nn(-c3ccccc3)c21. The van der Waals surface area contributed by atoms with Gasteiger partial charge in [-0.25, -0.2) is 9.07 Å². The highest BCUT2D eigenvalue weighted by molar-refractivity contribution is 6.06. The summed E-state index contributed by atoms with van der Waals surface area (Å²) in [6.07, 6.45) is -2.22. The molecule has 2 aliphatic heterocycles. The predicted octanol–water partition coefficient (Wildman–Crippen LogP) is 5.58. The van der Waals surface area contributed by atoms with Gasteiger partial charge in [-0.1, -0.05) is 36.4 Å². The Kier molecular flexibility index (Phi) is 7.73. The molecular weight excluding hydrogens is 590 g/mol. The fourth-order valence-corrected chi connectivity index (χ4v) is 5.80.